The largest absolute Gasteiger partial charge is 0.457 e. The third-order valence-corrected chi connectivity index (χ3v) is 4.91. The maximum Gasteiger partial charge on any atom is 0.454 e. The van der Waals surface area contributed by atoms with Crippen LogP contribution >= 0.6 is 0 Å². The van der Waals surface area contributed by atoms with Gasteiger partial charge in [-0.3, -0.25) is 28.3 Å². The fourth-order valence-corrected chi connectivity index (χ4v) is 3.00. The quantitative estimate of drug-likeness (QED) is 0.359. The number of esters is 1. The zero-order valence-corrected chi connectivity index (χ0v) is 16.8. The van der Waals surface area contributed by atoms with Gasteiger partial charge < -0.3 is 15.4 Å². The molecule has 0 radical (unpaired) electrons. The first-order chi connectivity index (χ1) is 14.3. The van der Waals surface area contributed by atoms with E-state index in [0.717, 1.165) is 10.8 Å². The van der Waals surface area contributed by atoms with Gasteiger partial charge in [0, 0.05) is 39.5 Å². The number of nitrogen functional groups attached to an aromatic ring is 1. The number of piperidine rings is 1. The van der Waals surface area contributed by atoms with Crippen molar-refractivity contribution in [2.24, 2.45) is 20.0 Å². The number of halogens is 3. The molecule has 0 aromatic carbocycles. The van der Waals surface area contributed by atoms with Gasteiger partial charge >= 0.3 is 17.8 Å². The maximum absolute atomic E-state index is 12.3. The van der Waals surface area contributed by atoms with Crippen LogP contribution in [-0.2, 0) is 28.4 Å². The van der Waals surface area contributed by atoms with Crippen LogP contribution in [0.1, 0.15) is 23.2 Å². The number of carbonyl (C=O) groups is 3. The number of ether oxygens (including phenoxy) is 1. The van der Waals surface area contributed by atoms with E-state index < -0.39 is 53.0 Å². The monoisotopic (exact) mass is 446 g/mol. The van der Waals surface area contributed by atoms with Gasteiger partial charge in [-0.25, -0.2) is 4.79 Å². The molecule has 0 bridgehead atoms. The number of rotatable bonds is 6. The van der Waals surface area contributed by atoms with Gasteiger partial charge in [-0.2, -0.15) is 13.2 Å². The lowest BCUT2D eigenvalue weighted by molar-refractivity contribution is -0.165. The van der Waals surface area contributed by atoms with Gasteiger partial charge in [0.2, 0.25) is 5.78 Å². The molecular weight excluding hydrogens is 425 g/mol. The molecule has 1 aliphatic heterocycles. The summed E-state index contributed by atoms with van der Waals surface area (Å²) in [6.07, 6.45) is -3.02. The minimum absolute atomic E-state index is 0.212. The highest BCUT2D eigenvalue weighted by Crippen LogP contribution is 2.20. The number of hydrogen-bond donors (Lipinski definition) is 1. The second kappa shape index (κ2) is 9.18. The number of alkyl halides is 3. The van der Waals surface area contributed by atoms with Crippen molar-refractivity contribution in [3.63, 3.8) is 0 Å². The predicted molar refractivity (Wildman–Crippen MR) is 101 cm³/mol. The van der Waals surface area contributed by atoms with E-state index >= 15 is 0 Å². The molecule has 0 spiro atoms. The Morgan fingerprint density at radius 3 is 2.26 bits per heavy atom. The first-order valence-corrected chi connectivity index (χ1v) is 9.13. The summed E-state index contributed by atoms with van der Waals surface area (Å²) in [5.41, 5.74) is 3.59. The maximum atomic E-state index is 12.3. The van der Waals surface area contributed by atoms with E-state index in [4.69, 9.17) is 10.5 Å². The summed E-state index contributed by atoms with van der Waals surface area (Å²) in [6, 6.07) is 0. The van der Waals surface area contributed by atoms with Crippen LogP contribution in [-0.4, -0.2) is 57.4 Å². The average molecular weight is 446 g/mol. The summed E-state index contributed by atoms with van der Waals surface area (Å²) >= 11 is 0. The van der Waals surface area contributed by atoms with E-state index in [1.165, 1.54) is 19.0 Å². The lowest BCUT2D eigenvalue weighted by Crippen LogP contribution is -2.42. The van der Waals surface area contributed by atoms with Crippen molar-refractivity contribution in [1.82, 2.24) is 14.0 Å². The third-order valence-electron chi connectivity index (χ3n) is 4.91. The van der Waals surface area contributed by atoms with E-state index in [1.807, 2.05) is 0 Å². The van der Waals surface area contributed by atoms with Crippen molar-refractivity contribution in [3.05, 3.63) is 38.7 Å². The molecular formula is C18H21F3N4O6. The number of nitrogens with two attached hydrogens (primary N) is 1. The first-order valence-electron chi connectivity index (χ1n) is 9.13. The average Bonchev–Trinajstić information content (AvgIpc) is 2.72. The molecule has 0 atom stereocenters. The van der Waals surface area contributed by atoms with Gasteiger partial charge in [-0.05, 0) is 12.8 Å². The molecule has 0 unspecified atom stereocenters. The lowest BCUT2D eigenvalue weighted by Gasteiger charge is -2.29. The molecule has 0 amide bonds. The van der Waals surface area contributed by atoms with Gasteiger partial charge in [-0.1, -0.05) is 0 Å². The minimum Gasteiger partial charge on any atom is -0.457 e. The van der Waals surface area contributed by atoms with Crippen molar-refractivity contribution in [2.75, 3.05) is 25.4 Å². The molecule has 0 saturated carbocycles. The van der Waals surface area contributed by atoms with Crippen LogP contribution in [0.3, 0.4) is 0 Å². The highest BCUT2D eigenvalue weighted by Gasteiger charge is 2.36. The van der Waals surface area contributed by atoms with E-state index in [1.54, 1.807) is 0 Å². The zero-order valence-electron chi connectivity index (χ0n) is 16.8. The second-order valence-corrected chi connectivity index (χ2v) is 6.98. The number of aromatic nitrogens is 2. The first kappa shape index (κ1) is 23.9. The summed E-state index contributed by atoms with van der Waals surface area (Å²) in [5.74, 6) is -4.49. The molecule has 1 saturated heterocycles. The van der Waals surface area contributed by atoms with E-state index in [-0.39, 0.29) is 31.7 Å². The van der Waals surface area contributed by atoms with Crippen LogP contribution in [0.5, 0.6) is 0 Å². The number of hydrogen-bond acceptors (Lipinski definition) is 8. The van der Waals surface area contributed by atoms with Gasteiger partial charge in [0.15, 0.2) is 6.61 Å². The Kier molecular flexibility index (Phi) is 7.08. The molecule has 1 aliphatic rings. The zero-order chi connectivity index (χ0) is 23.5. The third kappa shape index (κ3) is 5.41. The molecule has 31 heavy (non-hydrogen) atoms. The number of anilines is 1. The number of nitrogens with zero attached hydrogens (tertiary/aromatic N) is 3. The van der Waals surface area contributed by atoms with Crippen molar-refractivity contribution in [3.8, 4) is 0 Å². The number of carbonyl (C=O) groups excluding carboxylic acids is 3. The topological polar surface area (TPSA) is 134 Å². The van der Waals surface area contributed by atoms with E-state index in [0.29, 0.717) is 10.6 Å². The smallest absolute Gasteiger partial charge is 0.454 e. The summed E-state index contributed by atoms with van der Waals surface area (Å²) in [4.78, 5) is 60.8. The SMILES string of the molecule is Cn1c(N)c(C(=O)COC(=O)C2CCN(C=CC(=O)C(F)(F)F)CC2)c(=O)n(C)c1=O. The lowest BCUT2D eigenvalue weighted by atomic mass is 9.97. The Balaban J connectivity index is 1.93. The Morgan fingerprint density at radius 1 is 1.13 bits per heavy atom. The molecule has 10 nitrogen and oxygen atoms in total. The van der Waals surface area contributed by atoms with E-state index in [9.17, 15) is 37.1 Å². The van der Waals surface area contributed by atoms with Gasteiger partial charge in [0.05, 0.1) is 5.92 Å². The molecule has 1 fully saturated rings. The Hall–Kier alpha value is -3.38. The normalized spacial score (nSPS) is 15.3. The van der Waals surface area contributed by atoms with Gasteiger partial charge in [0.25, 0.3) is 11.3 Å². The van der Waals surface area contributed by atoms with Crippen LogP contribution in [0.25, 0.3) is 0 Å². The Bertz CT molecular complexity index is 1030. The summed E-state index contributed by atoms with van der Waals surface area (Å²) < 4.78 is 43.2. The summed E-state index contributed by atoms with van der Waals surface area (Å²) in [5, 5.41) is 0. The van der Waals surface area contributed by atoms with Gasteiger partial charge in [0.1, 0.15) is 11.4 Å². The van der Waals surface area contributed by atoms with Crippen molar-refractivity contribution in [1.29, 1.82) is 0 Å². The van der Waals surface area contributed by atoms with Gasteiger partial charge in [-0.15, -0.1) is 0 Å². The van der Waals surface area contributed by atoms with Crippen LogP contribution in [0.4, 0.5) is 19.0 Å². The molecule has 170 valence electrons. The highest BCUT2D eigenvalue weighted by atomic mass is 19.4. The number of ketones is 2. The fraction of sp³-hybridized carbons (Fsp3) is 0.500. The van der Waals surface area contributed by atoms with Crippen molar-refractivity contribution in [2.45, 2.75) is 19.0 Å². The highest BCUT2D eigenvalue weighted by molar-refractivity contribution is 6.01. The van der Waals surface area contributed by atoms with Crippen LogP contribution in [0.2, 0.25) is 0 Å². The molecule has 2 rings (SSSR count). The molecule has 1 aromatic heterocycles. The molecule has 1 aromatic rings. The van der Waals surface area contributed by atoms with E-state index in [2.05, 4.69) is 0 Å². The summed E-state index contributed by atoms with van der Waals surface area (Å²) in [6.45, 7) is -0.329. The van der Waals surface area contributed by atoms with Crippen molar-refractivity contribution < 1.29 is 32.3 Å². The number of Topliss-reactive ketones (excluding diaryl/α,β-unsaturated/α-hetero) is 1. The second-order valence-electron chi connectivity index (χ2n) is 6.98. The van der Waals surface area contributed by atoms with Crippen LogP contribution < -0.4 is 17.0 Å². The summed E-state index contributed by atoms with van der Waals surface area (Å²) in [7, 11) is 2.46. The van der Waals surface area contributed by atoms with Crippen molar-refractivity contribution >= 4 is 23.4 Å². The minimum atomic E-state index is -4.94. The standard InChI is InChI=1S/C18H21F3N4O6/c1-23-14(22)13(15(28)24(2)17(23)30)11(26)9-31-16(29)10-3-6-25(7-4-10)8-5-12(27)18(19,20)21/h5,8,10H,3-4,6-7,9,22H2,1-2H3. The number of likely N-dealkylation sites (tertiary alicyclic amines) is 1. The molecule has 2 N–H and O–H groups in total. The van der Waals surface area contributed by atoms with Crippen LogP contribution in [0.15, 0.2) is 21.9 Å². The Morgan fingerprint density at radius 2 is 1.71 bits per heavy atom. The molecule has 0 aliphatic carbocycles. The predicted octanol–water partition coefficient (Wildman–Crippen LogP) is -0.251. The Labute approximate surface area is 173 Å². The van der Waals surface area contributed by atoms with Crippen LogP contribution in [0, 0.1) is 5.92 Å². The fourth-order valence-electron chi connectivity index (χ4n) is 3.00. The molecule has 2 heterocycles. The molecule has 13 heteroatoms. The number of allylic oxidation sites excluding steroid dienone is 1.